The zero-order valence-corrected chi connectivity index (χ0v) is 17.8. The van der Waals surface area contributed by atoms with E-state index in [1.54, 1.807) is 6.92 Å². The van der Waals surface area contributed by atoms with E-state index < -0.39 is 35.5 Å². The molecule has 2 aromatic heterocycles. The molecule has 2 heterocycles. The molecule has 164 valence electrons. The highest BCUT2D eigenvalue weighted by molar-refractivity contribution is 7.15. The van der Waals surface area contributed by atoms with Crippen molar-refractivity contribution in [3.8, 4) is 10.4 Å². The summed E-state index contributed by atoms with van der Waals surface area (Å²) in [5.74, 6) is -4.94. The molecule has 0 saturated heterocycles. The quantitative estimate of drug-likeness (QED) is 0.629. The van der Waals surface area contributed by atoms with Crippen molar-refractivity contribution < 1.29 is 18.3 Å². The van der Waals surface area contributed by atoms with Crippen molar-refractivity contribution in [1.29, 1.82) is 0 Å². The highest BCUT2D eigenvalue weighted by Gasteiger charge is 2.45. The van der Waals surface area contributed by atoms with E-state index in [-0.39, 0.29) is 35.4 Å². The molecule has 0 spiro atoms. The van der Waals surface area contributed by atoms with Crippen LogP contribution in [0.15, 0.2) is 15.7 Å². The van der Waals surface area contributed by atoms with Gasteiger partial charge in [-0.3, -0.25) is 14.3 Å². The van der Waals surface area contributed by atoms with E-state index in [4.69, 9.17) is 0 Å². The molecule has 0 aliphatic heterocycles. The number of alkyl halides is 2. The number of aryl methyl sites for hydroxylation is 3. The lowest BCUT2D eigenvalue weighted by molar-refractivity contribution is -0.0554. The van der Waals surface area contributed by atoms with Gasteiger partial charge in [-0.2, -0.15) is 0 Å². The zero-order valence-electron chi connectivity index (χ0n) is 17.0. The molecule has 1 saturated carbocycles. The Bertz CT molecular complexity index is 1350. The maximum Gasteiger partial charge on any atom is 0.329 e. The second-order valence-electron chi connectivity index (χ2n) is 8.51. The summed E-state index contributed by atoms with van der Waals surface area (Å²) in [6.07, 6.45) is 1.39. The van der Waals surface area contributed by atoms with Gasteiger partial charge in [0.05, 0.1) is 23.4 Å². The molecule has 0 amide bonds. The summed E-state index contributed by atoms with van der Waals surface area (Å²) in [6.45, 7) is 2.47. The van der Waals surface area contributed by atoms with E-state index in [9.17, 15) is 23.5 Å². The van der Waals surface area contributed by atoms with Gasteiger partial charge in [0.25, 0.3) is 11.5 Å². The number of nitrogens with one attached hydrogen (secondary N) is 1. The molecule has 2 aliphatic rings. The van der Waals surface area contributed by atoms with Crippen molar-refractivity contribution in [3.05, 3.63) is 54.3 Å². The molecular formula is C22H21F3N2O3S. The number of hydrogen-bond donors (Lipinski definition) is 2. The zero-order chi connectivity index (χ0) is 22.2. The highest BCUT2D eigenvalue weighted by atomic mass is 32.1. The first-order valence-corrected chi connectivity index (χ1v) is 11.1. The molecule has 1 fully saturated rings. The van der Waals surface area contributed by atoms with Crippen LogP contribution in [0, 0.1) is 19.7 Å². The summed E-state index contributed by atoms with van der Waals surface area (Å²) in [5, 5.41) is 9.73. The first-order chi connectivity index (χ1) is 14.7. The monoisotopic (exact) mass is 450 g/mol. The number of aliphatic hydroxyl groups is 1. The second kappa shape index (κ2) is 6.80. The fourth-order valence-electron chi connectivity index (χ4n) is 4.79. The number of aliphatic hydroxyl groups excluding tert-OH is 1. The maximum absolute atomic E-state index is 15.6. The fourth-order valence-corrected chi connectivity index (χ4v) is 6.11. The fraction of sp³-hybridized carbons (Fsp3) is 0.455. The molecule has 3 aromatic rings. The van der Waals surface area contributed by atoms with Gasteiger partial charge in [-0.15, -0.1) is 11.3 Å². The standard InChI is InChI=1S/C22H21F3N2O3S/c1-9-17-19(27(11-3-4-11)21(30)26-20(17)29)10(2)16(18(9)23)15-7-12-13(8-28)22(24,25)6-5-14(12)31-15/h7,11,13,28H,3-6,8H2,1-2H3,(H,26,29,30). The van der Waals surface area contributed by atoms with Gasteiger partial charge in [0.1, 0.15) is 5.82 Å². The summed E-state index contributed by atoms with van der Waals surface area (Å²) in [7, 11) is 0. The minimum atomic E-state index is -3.02. The molecular weight excluding hydrogens is 429 g/mol. The van der Waals surface area contributed by atoms with Crippen LogP contribution in [0.25, 0.3) is 21.3 Å². The van der Waals surface area contributed by atoms with Gasteiger partial charge < -0.3 is 5.11 Å². The second-order valence-corrected chi connectivity index (χ2v) is 9.65. The summed E-state index contributed by atoms with van der Waals surface area (Å²) in [4.78, 5) is 28.6. The van der Waals surface area contributed by atoms with Crippen LogP contribution < -0.4 is 11.2 Å². The molecule has 1 unspecified atom stereocenters. The Kier molecular flexibility index (Phi) is 4.50. The van der Waals surface area contributed by atoms with Crippen LogP contribution in [-0.2, 0) is 6.42 Å². The van der Waals surface area contributed by atoms with Gasteiger partial charge in [-0.05, 0) is 50.3 Å². The molecule has 31 heavy (non-hydrogen) atoms. The third kappa shape index (κ3) is 2.93. The number of aromatic nitrogens is 2. The molecule has 9 heteroatoms. The number of H-pyrrole nitrogens is 1. The number of aromatic amines is 1. The van der Waals surface area contributed by atoms with Crippen LogP contribution in [0.3, 0.4) is 0 Å². The largest absolute Gasteiger partial charge is 0.396 e. The van der Waals surface area contributed by atoms with Crippen LogP contribution in [0.2, 0.25) is 0 Å². The van der Waals surface area contributed by atoms with Crippen molar-refractivity contribution in [2.45, 2.75) is 57.4 Å². The lowest BCUT2D eigenvalue weighted by atomic mass is 9.84. The lowest BCUT2D eigenvalue weighted by Crippen LogP contribution is -2.33. The van der Waals surface area contributed by atoms with Crippen molar-refractivity contribution in [1.82, 2.24) is 9.55 Å². The van der Waals surface area contributed by atoms with Gasteiger partial charge in [0.2, 0.25) is 0 Å². The Labute approximate surface area is 179 Å². The van der Waals surface area contributed by atoms with Crippen molar-refractivity contribution in [3.63, 3.8) is 0 Å². The topological polar surface area (TPSA) is 75.1 Å². The molecule has 5 rings (SSSR count). The number of nitrogens with zero attached hydrogens (tertiary/aromatic N) is 1. The van der Waals surface area contributed by atoms with Gasteiger partial charge in [-0.25, -0.2) is 18.0 Å². The van der Waals surface area contributed by atoms with E-state index in [0.29, 0.717) is 26.4 Å². The van der Waals surface area contributed by atoms with E-state index in [0.717, 1.165) is 12.8 Å². The molecule has 0 bridgehead atoms. The van der Waals surface area contributed by atoms with Gasteiger partial charge >= 0.3 is 5.69 Å². The number of fused-ring (bicyclic) bond motifs is 2. The Morgan fingerprint density at radius 3 is 2.61 bits per heavy atom. The Hall–Kier alpha value is -2.39. The van der Waals surface area contributed by atoms with Crippen molar-refractivity contribution in [2.75, 3.05) is 6.61 Å². The van der Waals surface area contributed by atoms with Crippen LogP contribution in [-0.4, -0.2) is 27.2 Å². The molecule has 1 atom stereocenters. The lowest BCUT2D eigenvalue weighted by Gasteiger charge is -2.30. The third-order valence-electron chi connectivity index (χ3n) is 6.55. The highest BCUT2D eigenvalue weighted by Crippen LogP contribution is 2.49. The molecule has 5 nitrogen and oxygen atoms in total. The maximum atomic E-state index is 15.6. The van der Waals surface area contributed by atoms with Crippen LogP contribution in [0.5, 0.6) is 0 Å². The minimum Gasteiger partial charge on any atom is -0.396 e. The summed E-state index contributed by atoms with van der Waals surface area (Å²) < 4.78 is 45.7. The summed E-state index contributed by atoms with van der Waals surface area (Å²) in [5.41, 5.74) is 0.393. The van der Waals surface area contributed by atoms with E-state index in [1.807, 2.05) is 0 Å². The average Bonchev–Trinajstić information content (AvgIpc) is 3.44. The first-order valence-electron chi connectivity index (χ1n) is 10.2. The van der Waals surface area contributed by atoms with Gasteiger partial charge in [-0.1, -0.05) is 0 Å². The summed E-state index contributed by atoms with van der Waals surface area (Å²) in [6, 6.07) is 1.49. The van der Waals surface area contributed by atoms with E-state index in [1.165, 1.54) is 28.9 Å². The van der Waals surface area contributed by atoms with Crippen molar-refractivity contribution >= 4 is 22.2 Å². The van der Waals surface area contributed by atoms with Crippen LogP contribution in [0.4, 0.5) is 13.2 Å². The third-order valence-corrected chi connectivity index (χ3v) is 7.78. The molecule has 1 aromatic carbocycles. The van der Waals surface area contributed by atoms with E-state index in [2.05, 4.69) is 4.98 Å². The minimum absolute atomic E-state index is 0.0442. The number of hydrogen-bond acceptors (Lipinski definition) is 4. The SMILES string of the molecule is Cc1c(F)c(-c2cc3c(s2)CCC(F)(F)C3CO)c(C)c2c1c(=O)[nH]c(=O)n2C1CC1. The number of rotatable bonds is 3. The average molecular weight is 450 g/mol. The molecule has 2 aliphatic carbocycles. The van der Waals surface area contributed by atoms with Crippen LogP contribution >= 0.6 is 11.3 Å². The predicted molar refractivity (Wildman–Crippen MR) is 113 cm³/mol. The summed E-state index contributed by atoms with van der Waals surface area (Å²) >= 11 is 1.23. The Morgan fingerprint density at radius 2 is 1.97 bits per heavy atom. The number of halogens is 3. The number of thiophene rings is 1. The van der Waals surface area contributed by atoms with E-state index >= 15 is 4.39 Å². The first kappa shape index (κ1) is 20.5. The van der Waals surface area contributed by atoms with Crippen molar-refractivity contribution in [2.24, 2.45) is 0 Å². The van der Waals surface area contributed by atoms with Crippen LogP contribution in [0.1, 0.15) is 52.8 Å². The predicted octanol–water partition coefficient (Wildman–Crippen LogP) is 4.17. The normalized spacial score (nSPS) is 20.3. The molecule has 2 N–H and O–H groups in total. The Balaban J connectivity index is 1.82. The Morgan fingerprint density at radius 1 is 1.26 bits per heavy atom. The smallest absolute Gasteiger partial charge is 0.329 e. The number of benzene rings is 1. The van der Waals surface area contributed by atoms with Gasteiger partial charge in [0.15, 0.2) is 0 Å². The van der Waals surface area contributed by atoms with Gasteiger partial charge in [0, 0.05) is 33.3 Å². The molecule has 0 radical (unpaired) electrons.